The lowest BCUT2D eigenvalue weighted by Crippen LogP contribution is -2.54. The van der Waals surface area contributed by atoms with Gasteiger partial charge in [0.2, 0.25) is 0 Å². The van der Waals surface area contributed by atoms with Gasteiger partial charge in [0, 0.05) is 31.3 Å². The largest absolute Gasteiger partial charge is 0.381 e. The van der Waals surface area contributed by atoms with Crippen LogP contribution in [0.5, 0.6) is 0 Å². The normalized spacial score (nSPS) is 17.3. The number of nitrogens with one attached hydrogen (secondary N) is 2. The van der Waals surface area contributed by atoms with E-state index in [1.807, 2.05) is 25.1 Å². The van der Waals surface area contributed by atoms with Crippen molar-refractivity contribution in [1.82, 2.24) is 10.3 Å². The fraction of sp³-hybridized carbons (Fsp3) is 0.429. The number of benzene rings is 1. The Morgan fingerprint density at radius 2 is 1.92 bits per heavy atom. The van der Waals surface area contributed by atoms with Crippen molar-refractivity contribution in [2.24, 2.45) is 0 Å². The smallest absolute Gasteiger partial charge is 0.145 e. The van der Waals surface area contributed by atoms with E-state index in [0.717, 1.165) is 44.0 Å². The highest BCUT2D eigenvalue weighted by Gasteiger charge is 2.33. The number of ether oxygens (including phenoxy) is 1. The molecule has 0 amide bonds. The molecule has 0 saturated carbocycles. The number of nitrogens with zero attached hydrogens (tertiary/aromatic N) is 2. The van der Waals surface area contributed by atoms with Crippen LogP contribution in [-0.2, 0) is 4.74 Å². The first-order chi connectivity index (χ1) is 12.6. The number of hydrogen-bond acceptors (Lipinski definition) is 5. The van der Waals surface area contributed by atoms with Crippen LogP contribution < -0.4 is 10.6 Å². The second-order valence-corrected chi connectivity index (χ2v) is 7.00. The molecule has 1 aliphatic heterocycles. The van der Waals surface area contributed by atoms with E-state index in [9.17, 15) is 5.26 Å². The second kappa shape index (κ2) is 8.31. The molecule has 3 rings (SSSR count). The second-order valence-electron chi connectivity index (χ2n) is 7.00. The SMILES string of the molecule is Cc1ccc(NCC2(NC(C)c3ccccc3)CCOCC2)nc1C#N. The first kappa shape index (κ1) is 18.4. The zero-order valence-corrected chi connectivity index (χ0v) is 15.5. The maximum atomic E-state index is 9.19. The van der Waals surface area contributed by atoms with Crippen molar-refractivity contribution in [3.8, 4) is 6.07 Å². The molecule has 1 unspecified atom stereocenters. The molecule has 1 atom stereocenters. The molecular formula is C21H26N4O. The van der Waals surface area contributed by atoms with Gasteiger partial charge in [0.15, 0.2) is 0 Å². The molecule has 0 spiro atoms. The molecule has 1 fully saturated rings. The third-order valence-electron chi connectivity index (χ3n) is 5.08. The van der Waals surface area contributed by atoms with Crippen molar-refractivity contribution < 1.29 is 4.74 Å². The lowest BCUT2D eigenvalue weighted by molar-refractivity contribution is 0.0389. The van der Waals surface area contributed by atoms with Gasteiger partial charge in [-0.1, -0.05) is 36.4 Å². The summed E-state index contributed by atoms with van der Waals surface area (Å²) >= 11 is 0. The maximum Gasteiger partial charge on any atom is 0.145 e. The molecule has 1 aliphatic rings. The molecule has 0 radical (unpaired) electrons. The van der Waals surface area contributed by atoms with Gasteiger partial charge in [0.05, 0.1) is 0 Å². The number of hydrogen-bond donors (Lipinski definition) is 2. The monoisotopic (exact) mass is 350 g/mol. The lowest BCUT2D eigenvalue weighted by atomic mass is 9.88. The molecule has 2 aromatic rings. The molecule has 1 aromatic carbocycles. The topological polar surface area (TPSA) is 70.0 Å². The number of pyridine rings is 1. The van der Waals surface area contributed by atoms with E-state index in [4.69, 9.17) is 4.74 Å². The van der Waals surface area contributed by atoms with Crippen LogP contribution in [0.15, 0.2) is 42.5 Å². The van der Waals surface area contributed by atoms with Crippen molar-refractivity contribution in [2.75, 3.05) is 25.1 Å². The highest BCUT2D eigenvalue weighted by molar-refractivity contribution is 5.42. The van der Waals surface area contributed by atoms with Crippen LogP contribution in [0, 0.1) is 18.3 Å². The first-order valence-corrected chi connectivity index (χ1v) is 9.14. The van der Waals surface area contributed by atoms with E-state index in [2.05, 4.69) is 52.9 Å². The van der Waals surface area contributed by atoms with Gasteiger partial charge in [-0.2, -0.15) is 5.26 Å². The highest BCUT2D eigenvalue weighted by atomic mass is 16.5. The summed E-state index contributed by atoms with van der Waals surface area (Å²) in [6.07, 6.45) is 1.88. The summed E-state index contributed by atoms with van der Waals surface area (Å²) in [5.41, 5.74) is 2.59. The van der Waals surface area contributed by atoms with E-state index in [1.54, 1.807) is 0 Å². The molecule has 0 bridgehead atoms. The standard InChI is InChI=1S/C21H26N4O/c1-16-8-9-20(24-19(16)14-22)23-15-21(10-12-26-13-11-21)25-17(2)18-6-4-3-5-7-18/h3-9,17,25H,10-13,15H2,1-2H3,(H,23,24). The highest BCUT2D eigenvalue weighted by Crippen LogP contribution is 2.26. The summed E-state index contributed by atoms with van der Waals surface area (Å²) in [6, 6.07) is 16.8. The lowest BCUT2D eigenvalue weighted by Gasteiger charge is -2.40. The number of aromatic nitrogens is 1. The van der Waals surface area contributed by atoms with E-state index < -0.39 is 0 Å². The Morgan fingerprint density at radius 1 is 1.19 bits per heavy atom. The molecule has 5 heteroatoms. The van der Waals surface area contributed by atoms with Gasteiger partial charge in [-0.05, 0) is 43.9 Å². The molecule has 5 nitrogen and oxygen atoms in total. The Balaban J connectivity index is 1.72. The number of aryl methyl sites for hydroxylation is 1. The third-order valence-corrected chi connectivity index (χ3v) is 5.08. The van der Waals surface area contributed by atoms with Crippen molar-refractivity contribution in [1.29, 1.82) is 5.26 Å². The minimum absolute atomic E-state index is 0.0626. The molecule has 0 aliphatic carbocycles. The first-order valence-electron chi connectivity index (χ1n) is 9.14. The van der Waals surface area contributed by atoms with Gasteiger partial charge in [-0.15, -0.1) is 0 Å². The van der Waals surface area contributed by atoms with Crippen molar-refractivity contribution in [2.45, 2.75) is 38.3 Å². The van der Waals surface area contributed by atoms with Crippen molar-refractivity contribution in [3.63, 3.8) is 0 Å². The van der Waals surface area contributed by atoms with Crippen molar-refractivity contribution >= 4 is 5.82 Å². The van der Waals surface area contributed by atoms with Crippen LogP contribution in [0.25, 0.3) is 0 Å². The molecule has 2 N–H and O–H groups in total. The quantitative estimate of drug-likeness (QED) is 0.833. The summed E-state index contributed by atoms with van der Waals surface area (Å²) in [4.78, 5) is 4.41. The molecule has 1 aromatic heterocycles. The van der Waals surface area contributed by atoms with Crippen LogP contribution in [-0.4, -0.2) is 30.3 Å². The summed E-state index contributed by atoms with van der Waals surface area (Å²) in [6.45, 7) is 6.35. The Kier molecular flexibility index (Phi) is 5.87. The van der Waals surface area contributed by atoms with E-state index >= 15 is 0 Å². The fourth-order valence-electron chi connectivity index (χ4n) is 3.42. The van der Waals surface area contributed by atoms with Gasteiger partial charge in [0.1, 0.15) is 17.6 Å². The Hall–Kier alpha value is -2.42. The average Bonchev–Trinajstić information content (AvgIpc) is 2.69. The summed E-state index contributed by atoms with van der Waals surface area (Å²) < 4.78 is 5.59. The zero-order chi connectivity index (χ0) is 18.4. The Labute approximate surface area is 155 Å². The molecule has 26 heavy (non-hydrogen) atoms. The van der Waals surface area contributed by atoms with E-state index in [1.165, 1.54) is 5.56 Å². The van der Waals surface area contributed by atoms with E-state index in [-0.39, 0.29) is 11.6 Å². The number of anilines is 1. The van der Waals surface area contributed by atoms with Gasteiger partial charge in [0.25, 0.3) is 0 Å². The van der Waals surface area contributed by atoms with Crippen LogP contribution in [0.1, 0.15) is 42.6 Å². The summed E-state index contributed by atoms with van der Waals surface area (Å²) in [5.74, 6) is 0.743. The maximum absolute atomic E-state index is 9.19. The number of nitriles is 1. The van der Waals surface area contributed by atoms with Gasteiger partial charge >= 0.3 is 0 Å². The van der Waals surface area contributed by atoms with Gasteiger partial charge in [-0.3, -0.25) is 0 Å². The molecular weight excluding hydrogens is 324 g/mol. The average molecular weight is 350 g/mol. The predicted molar refractivity (Wildman–Crippen MR) is 103 cm³/mol. The third kappa shape index (κ3) is 4.40. The summed E-state index contributed by atoms with van der Waals surface area (Å²) in [7, 11) is 0. The van der Waals surface area contributed by atoms with Gasteiger partial charge < -0.3 is 15.4 Å². The van der Waals surface area contributed by atoms with E-state index in [0.29, 0.717) is 5.69 Å². The van der Waals surface area contributed by atoms with Crippen LogP contribution in [0.3, 0.4) is 0 Å². The molecule has 1 saturated heterocycles. The number of rotatable bonds is 6. The minimum Gasteiger partial charge on any atom is -0.381 e. The van der Waals surface area contributed by atoms with Crippen LogP contribution in [0.2, 0.25) is 0 Å². The molecule has 2 heterocycles. The van der Waals surface area contributed by atoms with Crippen LogP contribution >= 0.6 is 0 Å². The fourth-order valence-corrected chi connectivity index (χ4v) is 3.42. The van der Waals surface area contributed by atoms with Gasteiger partial charge in [-0.25, -0.2) is 4.98 Å². The minimum atomic E-state index is -0.0626. The Morgan fingerprint density at radius 3 is 2.62 bits per heavy atom. The van der Waals surface area contributed by atoms with Crippen LogP contribution in [0.4, 0.5) is 5.82 Å². The summed E-state index contributed by atoms with van der Waals surface area (Å²) in [5, 5.41) is 16.4. The zero-order valence-electron chi connectivity index (χ0n) is 15.5. The molecule has 136 valence electrons. The predicted octanol–water partition coefficient (Wildman–Crippen LogP) is 3.57. The Bertz CT molecular complexity index is 763. The van der Waals surface area contributed by atoms with Crippen molar-refractivity contribution in [3.05, 3.63) is 59.3 Å².